The maximum absolute atomic E-state index is 12.3. The molecule has 0 atom stereocenters. The molecule has 0 aromatic heterocycles. The number of piperidine rings is 1. The highest BCUT2D eigenvalue weighted by atomic mass is 16.5. The summed E-state index contributed by atoms with van der Waals surface area (Å²) in [7, 11) is 1.77. The lowest BCUT2D eigenvalue weighted by molar-refractivity contribution is 0.0401. The number of aryl methyl sites for hydroxylation is 1. The van der Waals surface area contributed by atoms with Gasteiger partial charge >= 0.3 is 0 Å². The topological polar surface area (TPSA) is 29.5 Å². The molecule has 1 aromatic carbocycles. The second kappa shape index (κ2) is 7.55. The Hall–Kier alpha value is -1.19. The van der Waals surface area contributed by atoms with Crippen molar-refractivity contribution >= 4 is 5.78 Å². The third-order valence-electron chi connectivity index (χ3n) is 4.05. The minimum Gasteiger partial charge on any atom is -0.381 e. The van der Waals surface area contributed by atoms with Gasteiger partial charge in [-0.15, -0.1) is 0 Å². The van der Waals surface area contributed by atoms with Gasteiger partial charge in [0.1, 0.15) is 0 Å². The first-order valence-electron chi connectivity index (χ1n) is 7.60. The SMILES string of the molecule is CCCc1ccc(C(=O)CN2CCC(OC)CC2)cc1. The lowest BCUT2D eigenvalue weighted by Gasteiger charge is -2.30. The molecule has 0 amide bonds. The van der Waals surface area contributed by atoms with Gasteiger partial charge in [-0.3, -0.25) is 9.69 Å². The molecule has 0 unspecified atom stereocenters. The predicted molar refractivity (Wildman–Crippen MR) is 81.2 cm³/mol. The molecule has 1 aliphatic heterocycles. The zero-order valence-electron chi connectivity index (χ0n) is 12.6. The van der Waals surface area contributed by atoms with Crippen molar-refractivity contribution in [3.8, 4) is 0 Å². The van der Waals surface area contributed by atoms with E-state index in [0.717, 1.165) is 44.3 Å². The highest BCUT2D eigenvalue weighted by Crippen LogP contribution is 2.14. The molecule has 110 valence electrons. The minimum atomic E-state index is 0.226. The number of carbonyl (C=O) groups excluding carboxylic acids is 1. The molecule has 0 aliphatic carbocycles. The molecule has 1 heterocycles. The van der Waals surface area contributed by atoms with Gasteiger partial charge in [0.15, 0.2) is 5.78 Å². The summed E-state index contributed by atoms with van der Waals surface area (Å²) >= 11 is 0. The molecule has 1 fully saturated rings. The molecule has 2 rings (SSSR count). The van der Waals surface area contributed by atoms with Crippen molar-refractivity contribution in [3.05, 3.63) is 35.4 Å². The summed E-state index contributed by atoms with van der Waals surface area (Å²) in [6.45, 7) is 4.61. The second-order valence-corrected chi connectivity index (χ2v) is 5.58. The van der Waals surface area contributed by atoms with Crippen LogP contribution in [-0.4, -0.2) is 43.5 Å². The molecule has 3 heteroatoms. The number of likely N-dealkylation sites (tertiary alicyclic amines) is 1. The Labute approximate surface area is 121 Å². The molecule has 1 aromatic rings. The number of rotatable bonds is 6. The van der Waals surface area contributed by atoms with Gasteiger partial charge in [-0.2, -0.15) is 0 Å². The van der Waals surface area contributed by atoms with Gasteiger partial charge in [0.25, 0.3) is 0 Å². The van der Waals surface area contributed by atoms with Gasteiger partial charge in [0.05, 0.1) is 12.6 Å². The van der Waals surface area contributed by atoms with Crippen LogP contribution in [0.25, 0.3) is 0 Å². The van der Waals surface area contributed by atoms with Crippen molar-refractivity contribution in [1.82, 2.24) is 4.90 Å². The molecular weight excluding hydrogens is 250 g/mol. The van der Waals surface area contributed by atoms with E-state index >= 15 is 0 Å². The fourth-order valence-corrected chi connectivity index (χ4v) is 2.74. The lowest BCUT2D eigenvalue weighted by Crippen LogP contribution is -2.39. The monoisotopic (exact) mass is 275 g/mol. The number of ketones is 1. The first kappa shape index (κ1) is 15.2. The fourth-order valence-electron chi connectivity index (χ4n) is 2.74. The maximum Gasteiger partial charge on any atom is 0.176 e. The minimum absolute atomic E-state index is 0.226. The van der Waals surface area contributed by atoms with Crippen molar-refractivity contribution in [2.45, 2.75) is 38.7 Å². The molecule has 0 radical (unpaired) electrons. The normalized spacial score (nSPS) is 17.3. The number of carbonyl (C=O) groups is 1. The van der Waals surface area contributed by atoms with Crippen LogP contribution in [0.15, 0.2) is 24.3 Å². The Morgan fingerprint density at radius 2 is 1.90 bits per heavy atom. The molecule has 3 nitrogen and oxygen atoms in total. The van der Waals surface area contributed by atoms with E-state index in [-0.39, 0.29) is 5.78 Å². The van der Waals surface area contributed by atoms with Crippen LogP contribution in [0.1, 0.15) is 42.1 Å². The number of hydrogen-bond donors (Lipinski definition) is 0. The third-order valence-corrected chi connectivity index (χ3v) is 4.05. The summed E-state index contributed by atoms with van der Waals surface area (Å²) in [6, 6.07) is 8.09. The molecular formula is C17H25NO2. The van der Waals surface area contributed by atoms with Crippen molar-refractivity contribution in [2.24, 2.45) is 0 Å². The quantitative estimate of drug-likeness (QED) is 0.748. The second-order valence-electron chi connectivity index (χ2n) is 5.58. The summed E-state index contributed by atoms with van der Waals surface area (Å²) in [5.41, 5.74) is 2.14. The summed E-state index contributed by atoms with van der Waals surface area (Å²) in [5, 5.41) is 0. The number of benzene rings is 1. The zero-order valence-corrected chi connectivity index (χ0v) is 12.6. The Morgan fingerprint density at radius 3 is 2.45 bits per heavy atom. The average Bonchev–Trinajstić information content (AvgIpc) is 2.49. The van der Waals surface area contributed by atoms with Gasteiger partial charge in [-0.1, -0.05) is 37.6 Å². The maximum atomic E-state index is 12.3. The van der Waals surface area contributed by atoms with E-state index in [1.807, 2.05) is 12.1 Å². The van der Waals surface area contributed by atoms with Crippen molar-refractivity contribution in [1.29, 1.82) is 0 Å². The largest absolute Gasteiger partial charge is 0.381 e. The van der Waals surface area contributed by atoms with Gasteiger partial charge < -0.3 is 4.74 Å². The molecule has 0 spiro atoms. The number of methoxy groups -OCH3 is 1. The van der Waals surface area contributed by atoms with Gasteiger partial charge in [-0.05, 0) is 24.8 Å². The van der Waals surface area contributed by atoms with Crippen molar-refractivity contribution in [2.75, 3.05) is 26.7 Å². The first-order chi connectivity index (χ1) is 9.72. The average molecular weight is 275 g/mol. The van der Waals surface area contributed by atoms with E-state index in [4.69, 9.17) is 4.74 Å². The van der Waals surface area contributed by atoms with Crippen LogP contribution >= 0.6 is 0 Å². The van der Waals surface area contributed by atoms with E-state index in [1.165, 1.54) is 5.56 Å². The number of hydrogen-bond acceptors (Lipinski definition) is 3. The smallest absolute Gasteiger partial charge is 0.176 e. The Kier molecular flexibility index (Phi) is 5.74. The van der Waals surface area contributed by atoms with Crippen LogP contribution < -0.4 is 0 Å². The van der Waals surface area contributed by atoms with Gasteiger partial charge in [0.2, 0.25) is 0 Å². The van der Waals surface area contributed by atoms with Crippen LogP contribution in [0.3, 0.4) is 0 Å². The van der Waals surface area contributed by atoms with Crippen LogP contribution in [0.2, 0.25) is 0 Å². The van der Waals surface area contributed by atoms with Crippen LogP contribution in [0.5, 0.6) is 0 Å². The standard InChI is InChI=1S/C17H25NO2/c1-3-4-14-5-7-15(8-6-14)17(19)13-18-11-9-16(20-2)10-12-18/h5-8,16H,3-4,9-13H2,1-2H3. The molecule has 1 aliphatic rings. The van der Waals surface area contributed by atoms with E-state index in [2.05, 4.69) is 24.0 Å². The van der Waals surface area contributed by atoms with Crippen molar-refractivity contribution < 1.29 is 9.53 Å². The molecule has 0 saturated carbocycles. The fraction of sp³-hybridized carbons (Fsp3) is 0.588. The van der Waals surface area contributed by atoms with Crippen LogP contribution in [-0.2, 0) is 11.2 Å². The highest BCUT2D eigenvalue weighted by molar-refractivity contribution is 5.97. The molecule has 0 N–H and O–H groups in total. The van der Waals surface area contributed by atoms with Crippen molar-refractivity contribution in [3.63, 3.8) is 0 Å². The first-order valence-corrected chi connectivity index (χ1v) is 7.60. The zero-order chi connectivity index (χ0) is 14.4. The Morgan fingerprint density at radius 1 is 1.25 bits per heavy atom. The number of ether oxygens (including phenoxy) is 1. The van der Waals surface area contributed by atoms with E-state index in [1.54, 1.807) is 7.11 Å². The van der Waals surface area contributed by atoms with E-state index in [9.17, 15) is 4.79 Å². The highest BCUT2D eigenvalue weighted by Gasteiger charge is 2.20. The lowest BCUT2D eigenvalue weighted by atomic mass is 10.0. The predicted octanol–water partition coefficient (Wildman–Crippen LogP) is 2.93. The Bertz CT molecular complexity index is 419. The van der Waals surface area contributed by atoms with Crippen LogP contribution in [0.4, 0.5) is 0 Å². The van der Waals surface area contributed by atoms with E-state index in [0.29, 0.717) is 12.6 Å². The summed E-state index contributed by atoms with van der Waals surface area (Å²) in [5.74, 6) is 0.226. The molecule has 20 heavy (non-hydrogen) atoms. The van der Waals surface area contributed by atoms with E-state index < -0.39 is 0 Å². The third kappa shape index (κ3) is 4.15. The van der Waals surface area contributed by atoms with Crippen LogP contribution in [0, 0.1) is 0 Å². The Balaban J connectivity index is 1.85. The number of nitrogens with zero attached hydrogens (tertiary/aromatic N) is 1. The number of Topliss-reactive ketones (excluding diaryl/α,β-unsaturated/α-hetero) is 1. The summed E-state index contributed by atoms with van der Waals surface area (Å²) in [6.07, 6.45) is 4.65. The molecule has 0 bridgehead atoms. The van der Waals surface area contributed by atoms with Gasteiger partial charge in [0, 0.05) is 25.8 Å². The summed E-state index contributed by atoms with van der Waals surface area (Å²) < 4.78 is 5.35. The summed E-state index contributed by atoms with van der Waals surface area (Å²) in [4.78, 5) is 14.5. The molecule has 1 saturated heterocycles. The van der Waals surface area contributed by atoms with Gasteiger partial charge in [-0.25, -0.2) is 0 Å².